The van der Waals surface area contributed by atoms with Crippen LogP contribution < -0.4 is 0 Å². The molecule has 68 heavy (non-hydrogen) atoms. The Morgan fingerprint density at radius 3 is 1.12 bits per heavy atom. The Morgan fingerprint density at radius 1 is 0.412 bits per heavy atom. The predicted octanol–water partition coefficient (Wildman–Crippen LogP) is 8.52. The third-order valence-electron chi connectivity index (χ3n) is 11.7. The highest BCUT2D eigenvalue weighted by atomic mass is 16.8. The van der Waals surface area contributed by atoms with E-state index >= 15 is 0 Å². The Labute approximate surface area is 398 Å². The van der Waals surface area contributed by atoms with Gasteiger partial charge in [-0.1, -0.05) is 182 Å². The van der Waals surface area contributed by atoms with Gasteiger partial charge in [-0.3, -0.25) is 4.79 Å². The molecule has 2 aliphatic heterocycles. The van der Waals surface area contributed by atoms with Crippen LogP contribution in [0.25, 0.3) is 0 Å². The number of rotatable bonds is 23. The lowest BCUT2D eigenvalue weighted by Gasteiger charge is -2.49. The van der Waals surface area contributed by atoms with Crippen LogP contribution >= 0.6 is 0 Å². The molecule has 6 aromatic rings. The van der Waals surface area contributed by atoms with Crippen molar-refractivity contribution in [1.82, 2.24) is 0 Å². The summed E-state index contributed by atoms with van der Waals surface area (Å²) in [6.07, 6.45) is -10.4. The number of hydrogen-bond acceptors (Lipinski definition) is 12. The number of aliphatic hydroxyl groups excluding tert-OH is 1. The zero-order valence-corrected chi connectivity index (χ0v) is 38.2. The molecule has 2 saturated heterocycles. The van der Waals surface area contributed by atoms with Crippen LogP contribution in [0, 0.1) is 0 Å². The minimum absolute atomic E-state index is 0.0305. The fraction of sp³-hybridized carbons (Fsp3) is 0.339. The van der Waals surface area contributed by atoms with Crippen LogP contribution in [0.3, 0.4) is 0 Å². The van der Waals surface area contributed by atoms with E-state index in [4.69, 9.17) is 47.4 Å². The Bertz CT molecular complexity index is 2330. The van der Waals surface area contributed by atoms with Gasteiger partial charge in [-0.15, -0.1) is 0 Å². The molecule has 5 unspecified atom stereocenters. The summed E-state index contributed by atoms with van der Waals surface area (Å²) in [7, 11) is 0. The minimum atomic E-state index is -1.58. The zero-order valence-electron chi connectivity index (χ0n) is 38.2. The molecule has 6 aromatic carbocycles. The first-order valence-corrected chi connectivity index (χ1v) is 23.1. The molecule has 0 saturated carbocycles. The summed E-state index contributed by atoms with van der Waals surface area (Å²) < 4.78 is 66.6. The number of esters is 1. The number of aliphatic hydroxyl groups is 1. The molecule has 0 amide bonds. The summed E-state index contributed by atoms with van der Waals surface area (Å²) in [5.41, 5.74) is 5.61. The molecule has 0 bridgehead atoms. The second-order valence-electron chi connectivity index (χ2n) is 16.8. The van der Waals surface area contributed by atoms with Crippen molar-refractivity contribution in [3.63, 3.8) is 0 Å². The van der Waals surface area contributed by atoms with Crippen molar-refractivity contribution in [1.29, 1.82) is 0 Å². The van der Waals surface area contributed by atoms with Gasteiger partial charge in [0.05, 0.1) is 52.9 Å². The standard InChI is InChI=1S/C56H60O12/c1-40(57)65-53-52(63-36-45-28-16-6-17-29-45)50(48(66-55(53)58)39-60-33-42-22-10-3-11-23-42)68-56-54(64-37-46-30-18-7-19-31-46)51(62-35-44-26-14-5-15-27-44)49(61-34-43-24-12-4-13-25-43)47(67-56)38-59-32-41-20-8-2-9-21-41/h2-31,47-56,58H,32-39H2,1H3/t47-,48?,49-,50?,51+,52?,53?,54-,55?,56+/m1/s1. The van der Waals surface area contributed by atoms with Gasteiger partial charge in [-0.05, 0) is 33.4 Å². The van der Waals surface area contributed by atoms with Crippen LogP contribution in [0.2, 0.25) is 0 Å². The molecule has 0 spiro atoms. The van der Waals surface area contributed by atoms with E-state index in [0.29, 0.717) is 6.61 Å². The Kier molecular flexibility index (Phi) is 18.4. The molecule has 10 atom stereocenters. The number of carbonyl (C=O) groups excluding carboxylic acids is 1. The van der Waals surface area contributed by atoms with Gasteiger partial charge in [0.25, 0.3) is 0 Å². The van der Waals surface area contributed by atoms with Crippen molar-refractivity contribution in [2.75, 3.05) is 13.2 Å². The molecular formula is C56H60O12. The summed E-state index contributed by atoms with van der Waals surface area (Å²) in [6, 6.07) is 58.9. The highest BCUT2D eigenvalue weighted by Crippen LogP contribution is 2.36. The van der Waals surface area contributed by atoms with Crippen molar-refractivity contribution in [3.8, 4) is 0 Å². The molecule has 356 valence electrons. The molecular weight excluding hydrogens is 865 g/mol. The fourth-order valence-corrected chi connectivity index (χ4v) is 8.35. The van der Waals surface area contributed by atoms with E-state index < -0.39 is 67.4 Å². The lowest BCUT2D eigenvalue weighted by molar-refractivity contribution is -0.371. The monoisotopic (exact) mass is 924 g/mol. The van der Waals surface area contributed by atoms with Crippen LogP contribution in [0.15, 0.2) is 182 Å². The maximum absolute atomic E-state index is 12.7. The zero-order chi connectivity index (χ0) is 46.8. The van der Waals surface area contributed by atoms with E-state index in [0.717, 1.165) is 33.4 Å². The normalized spacial score (nSPS) is 24.9. The van der Waals surface area contributed by atoms with Crippen molar-refractivity contribution in [3.05, 3.63) is 215 Å². The third kappa shape index (κ3) is 14.2. The molecule has 8 rings (SSSR count). The first kappa shape index (κ1) is 48.8. The average molecular weight is 925 g/mol. The largest absolute Gasteiger partial charge is 0.454 e. The van der Waals surface area contributed by atoms with Gasteiger partial charge in [-0.25, -0.2) is 0 Å². The second-order valence-corrected chi connectivity index (χ2v) is 16.8. The molecule has 0 aliphatic carbocycles. The smallest absolute Gasteiger partial charge is 0.303 e. The lowest BCUT2D eigenvalue weighted by Crippen LogP contribution is -2.66. The van der Waals surface area contributed by atoms with E-state index in [1.165, 1.54) is 6.92 Å². The van der Waals surface area contributed by atoms with Gasteiger partial charge in [0.2, 0.25) is 0 Å². The summed E-state index contributed by atoms with van der Waals surface area (Å²) in [5, 5.41) is 11.6. The summed E-state index contributed by atoms with van der Waals surface area (Å²) in [4.78, 5) is 12.7. The molecule has 0 radical (unpaired) electrons. The van der Waals surface area contributed by atoms with E-state index in [2.05, 4.69) is 0 Å². The highest BCUT2D eigenvalue weighted by Gasteiger charge is 2.54. The molecule has 12 heteroatoms. The van der Waals surface area contributed by atoms with Gasteiger partial charge in [0.1, 0.15) is 42.7 Å². The fourth-order valence-electron chi connectivity index (χ4n) is 8.35. The SMILES string of the molecule is CC(=O)OC1C(O)OC(COCc2ccccc2)C(O[C@@H]2O[C@H](COCc3ccccc3)[C@@H](OCc3ccccc3)[C@H](OCc3ccccc3)[C@H]2OCc2ccccc2)C1OCc1ccccc1. The summed E-state index contributed by atoms with van der Waals surface area (Å²) in [6.45, 7) is 2.65. The minimum Gasteiger partial charge on any atom is -0.454 e. The number of carbonyl (C=O) groups is 1. The predicted molar refractivity (Wildman–Crippen MR) is 252 cm³/mol. The van der Waals surface area contributed by atoms with Crippen LogP contribution in [-0.2, 0) is 91.8 Å². The molecule has 0 aromatic heterocycles. The van der Waals surface area contributed by atoms with Crippen LogP contribution in [0.5, 0.6) is 0 Å². The molecule has 2 aliphatic rings. The number of hydrogen-bond donors (Lipinski definition) is 1. The molecule has 12 nitrogen and oxygen atoms in total. The third-order valence-corrected chi connectivity index (χ3v) is 11.7. The Hall–Kier alpha value is -5.61. The van der Waals surface area contributed by atoms with E-state index in [-0.39, 0.29) is 46.2 Å². The maximum atomic E-state index is 12.7. The number of ether oxygens (including phenoxy) is 10. The second kappa shape index (κ2) is 25.7. The summed E-state index contributed by atoms with van der Waals surface area (Å²) >= 11 is 0. The van der Waals surface area contributed by atoms with Crippen LogP contribution in [0.4, 0.5) is 0 Å². The molecule has 1 N–H and O–H groups in total. The van der Waals surface area contributed by atoms with Crippen molar-refractivity contribution in [2.24, 2.45) is 0 Å². The Morgan fingerprint density at radius 2 is 0.735 bits per heavy atom. The Balaban J connectivity index is 1.18. The molecule has 2 heterocycles. The van der Waals surface area contributed by atoms with Gasteiger partial charge in [-0.2, -0.15) is 0 Å². The van der Waals surface area contributed by atoms with Gasteiger partial charge in [0.15, 0.2) is 18.7 Å². The summed E-state index contributed by atoms with van der Waals surface area (Å²) in [5.74, 6) is -0.634. The highest BCUT2D eigenvalue weighted by molar-refractivity contribution is 5.66. The van der Waals surface area contributed by atoms with Crippen molar-refractivity contribution >= 4 is 5.97 Å². The van der Waals surface area contributed by atoms with Crippen molar-refractivity contribution < 1.29 is 57.3 Å². The van der Waals surface area contributed by atoms with Gasteiger partial charge < -0.3 is 52.5 Å². The van der Waals surface area contributed by atoms with Crippen molar-refractivity contribution in [2.45, 2.75) is 108 Å². The van der Waals surface area contributed by atoms with E-state index in [9.17, 15) is 9.90 Å². The number of benzene rings is 6. The van der Waals surface area contributed by atoms with Gasteiger partial charge in [0, 0.05) is 6.92 Å². The molecule has 2 fully saturated rings. The first-order chi connectivity index (χ1) is 33.5. The topological polar surface area (TPSA) is 130 Å². The quantitative estimate of drug-likeness (QED) is 0.0619. The first-order valence-electron chi connectivity index (χ1n) is 23.1. The van der Waals surface area contributed by atoms with Crippen LogP contribution in [-0.4, -0.2) is 85.7 Å². The van der Waals surface area contributed by atoms with E-state index in [1.807, 2.05) is 182 Å². The van der Waals surface area contributed by atoms with Gasteiger partial charge >= 0.3 is 5.97 Å². The van der Waals surface area contributed by atoms with E-state index in [1.54, 1.807) is 0 Å². The lowest BCUT2D eigenvalue weighted by atomic mass is 9.95. The van der Waals surface area contributed by atoms with Crippen LogP contribution in [0.1, 0.15) is 40.3 Å². The maximum Gasteiger partial charge on any atom is 0.303 e. The average Bonchev–Trinajstić information content (AvgIpc) is 3.37.